The molecule has 1 heteroatoms. The molecule has 0 aliphatic heterocycles. The first-order chi connectivity index (χ1) is 23.8. The smallest absolute Gasteiger partial charge is 0.0471 e. The molecule has 49 heavy (non-hydrogen) atoms. The second-order valence-corrected chi connectivity index (χ2v) is 15.0. The fourth-order valence-electron chi connectivity index (χ4n) is 9.06. The molecular formula is C48H37N. The minimum absolute atomic E-state index is 0.0848. The van der Waals surface area contributed by atoms with Gasteiger partial charge in [-0.15, -0.1) is 0 Å². The Labute approximate surface area is 288 Å². The molecular weight excluding hydrogens is 591 g/mol. The van der Waals surface area contributed by atoms with Gasteiger partial charge >= 0.3 is 0 Å². The Morgan fingerprint density at radius 2 is 0.959 bits per heavy atom. The molecule has 1 nitrogen and oxygen atoms in total. The highest BCUT2D eigenvalue weighted by Gasteiger charge is 2.37. The first kappa shape index (κ1) is 28.4. The molecule has 234 valence electrons. The lowest BCUT2D eigenvalue weighted by atomic mass is 9.81. The highest BCUT2D eigenvalue weighted by atomic mass is 15.1. The molecule has 8 aromatic rings. The normalized spacial score (nSPS) is 14.9. The van der Waals surface area contributed by atoms with E-state index in [1.807, 2.05) is 0 Å². The first-order valence-electron chi connectivity index (χ1n) is 17.4. The Bertz CT molecular complexity index is 2650. The zero-order valence-corrected chi connectivity index (χ0v) is 28.4. The van der Waals surface area contributed by atoms with Crippen LogP contribution in [0.1, 0.15) is 49.9 Å². The number of rotatable bonds is 4. The van der Waals surface area contributed by atoms with Crippen molar-refractivity contribution in [2.75, 3.05) is 4.90 Å². The van der Waals surface area contributed by atoms with Crippen molar-refractivity contribution in [1.29, 1.82) is 0 Å². The summed E-state index contributed by atoms with van der Waals surface area (Å²) in [4.78, 5) is 2.48. The van der Waals surface area contributed by atoms with E-state index in [0.717, 1.165) is 5.69 Å². The molecule has 0 saturated carbocycles. The Balaban J connectivity index is 1.18. The quantitative estimate of drug-likeness (QED) is 0.176. The van der Waals surface area contributed by atoms with Crippen molar-refractivity contribution >= 4 is 49.4 Å². The van der Waals surface area contributed by atoms with Crippen molar-refractivity contribution in [2.45, 2.75) is 38.5 Å². The van der Waals surface area contributed by atoms with E-state index in [-0.39, 0.29) is 10.8 Å². The Kier molecular flexibility index (Phi) is 5.75. The standard InChI is InChI=1S/C48H37N/c1-47(2)41-17-8-7-15-39(41)40-26-25-35(28-43(40)47)49(34-23-21-31(22-24-34)38-16-9-12-30-11-5-6-14-37(30)38)36-27-33-20-19-32-13-10-18-42-45(32)46(33)44(29-36)48(42,3)4/h5-29H,1-4H3. The van der Waals surface area contributed by atoms with Gasteiger partial charge in [0.1, 0.15) is 0 Å². The molecule has 0 radical (unpaired) electrons. The topological polar surface area (TPSA) is 3.24 Å². The average molecular weight is 628 g/mol. The summed E-state index contributed by atoms with van der Waals surface area (Å²) in [6.45, 7) is 9.51. The number of hydrogen-bond donors (Lipinski definition) is 0. The summed E-state index contributed by atoms with van der Waals surface area (Å²) in [5.41, 5.74) is 14.1. The predicted molar refractivity (Wildman–Crippen MR) is 209 cm³/mol. The van der Waals surface area contributed by atoms with Crippen LogP contribution in [0, 0.1) is 0 Å². The lowest BCUT2D eigenvalue weighted by molar-refractivity contribution is 0.660. The van der Waals surface area contributed by atoms with Gasteiger partial charge in [0.05, 0.1) is 0 Å². The van der Waals surface area contributed by atoms with Crippen LogP contribution in [-0.4, -0.2) is 0 Å². The summed E-state index contributed by atoms with van der Waals surface area (Å²) in [5.74, 6) is 0. The van der Waals surface area contributed by atoms with Crippen molar-refractivity contribution in [3.63, 3.8) is 0 Å². The Morgan fingerprint density at radius 1 is 0.367 bits per heavy atom. The first-order valence-corrected chi connectivity index (χ1v) is 17.4. The zero-order chi connectivity index (χ0) is 33.1. The van der Waals surface area contributed by atoms with Gasteiger partial charge in [0.25, 0.3) is 0 Å². The molecule has 0 saturated heterocycles. The van der Waals surface area contributed by atoms with E-state index in [9.17, 15) is 0 Å². The van der Waals surface area contributed by atoms with Crippen LogP contribution in [0.15, 0.2) is 152 Å². The molecule has 0 spiro atoms. The number of fused-ring (bicyclic) bond motifs is 4. The molecule has 2 aliphatic carbocycles. The molecule has 0 bridgehead atoms. The van der Waals surface area contributed by atoms with Gasteiger partial charge in [-0.3, -0.25) is 0 Å². The highest BCUT2D eigenvalue weighted by Crippen LogP contribution is 2.53. The summed E-state index contributed by atoms with van der Waals surface area (Å²) >= 11 is 0. The monoisotopic (exact) mass is 627 g/mol. The van der Waals surface area contributed by atoms with Gasteiger partial charge in [0.15, 0.2) is 0 Å². The van der Waals surface area contributed by atoms with E-state index in [1.165, 1.54) is 88.2 Å². The van der Waals surface area contributed by atoms with Crippen LogP contribution >= 0.6 is 0 Å². The van der Waals surface area contributed by atoms with Gasteiger partial charge in [-0.25, -0.2) is 0 Å². The van der Waals surface area contributed by atoms with Crippen molar-refractivity contribution in [3.05, 3.63) is 174 Å². The number of benzene rings is 8. The lowest BCUT2D eigenvalue weighted by Gasteiger charge is -2.30. The molecule has 0 amide bonds. The van der Waals surface area contributed by atoms with Crippen LogP contribution in [0.4, 0.5) is 17.1 Å². The Morgan fingerprint density at radius 3 is 1.84 bits per heavy atom. The highest BCUT2D eigenvalue weighted by molar-refractivity contribution is 6.16. The molecule has 10 rings (SSSR count). The third-order valence-corrected chi connectivity index (χ3v) is 11.6. The molecule has 8 aromatic carbocycles. The van der Waals surface area contributed by atoms with Gasteiger partial charge < -0.3 is 4.90 Å². The average Bonchev–Trinajstić information content (AvgIpc) is 3.51. The molecule has 0 fully saturated rings. The van der Waals surface area contributed by atoms with E-state index >= 15 is 0 Å². The molecule has 0 heterocycles. The zero-order valence-electron chi connectivity index (χ0n) is 28.4. The van der Waals surface area contributed by atoms with Gasteiger partial charge in [0, 0.05) is 27.9 Å². The maximum absolute atomic E-state index is 2.48. The predicted octanol–water partition coefficient (Wildman–Crippen LogP) is 13.2. The molecule has 0 atom stereocenters. The SMILES string of the molecule is CC1(C)c2ccccc2-c2ccc(N(c3ccc(-c4cccc5ccccc45)cc3)c3cc4c5c(ccc6cccc(c65)C4(C)C)c3)cc21. The van der Waals surface area contributed by atoms with Crippen LogP contribution in [0.3, 0.4) is 0 Å². The van der Waals surface area contributed by atoms with Crippen molar-refractivity contribution < 1.29 is 0 Å². The van der Waals surface area contributed by atoms with Crippen molar-refractivity contribution in [2.24, 2.45) is 0 Å². The second kappa shape index (κ2) is 9.94. The third-order valence-electron chi connectivity index (χ3n) is 11.6. The van der Waals surface area contributed by atoms with E-state index in [4.69, 9.17) is 0 Å². The van der Waals surface area contributed by atoms with Crippen molar-refractivity contribution in [1.82, 2.24) is 0 Å². The summed E-state index contributed by atoms with van der Waals surface area (Å²) in [7, 11) is 0. The number of nitrogens with zero attached hydrogens (tertiary/aromatic N) is 1. The fraction of sp³-hybridized carbons (Fsp3) is 0.125. The fourth-order valence-corrected chi connectivity index (χ4v) is 9.06. The van der Waals surface area contributed by atoms with E-state index in [0.29, 0.717) is 0 Å². The third kappa shape index (κ3) is 3.93. The van der Waals surface area contributed by atoms with E-state index in [1.54, 1.807) is 0 Å². The largest absolute Gasteiger partial charge is 0.310 e. The van der Waals surface area contributed by atoms with Crippen LogP contribution in [0.5, 0.6) is 0 Å². The molecule has 2 aliphatic rings. The summed E-state index contributed by atoms with van der Waals surface area (Å²) < 4.78 is 0. The van der Waals surface area contributed by atoms with Crippen LogP contribution in [0.25, 0.3) is 54.6 Å². The van der Waals surface area contributed by atoms with E-state index in [2.05, 4.69) is 184 Å². The number of hydrogen-bond acceptors (Lipinski definition) is 1. The summed E-state index contributed by atoms with van der Waals surface area (Å²) in [5, 5.41) is 7.98. The second-order valence-electron chi connectivity index (χ2n) is 15.0. The minimum atomic E-state index is -0.0943. The maximum Gasteiger partial charge on any atom is 0.0471 e. The lowest BCUT2D eigenvalue weighted by Crippen LogP contribution is -2.18. The van der Waals surface area contributed by atoms with Crippen LogP contribution < -0.4 is 4.90 Å². The number of anilines is 3. The molecule has 0 N–H and O–H groups in total. The Hall–Kier alpha value is -5.66. The summed E-state index contributed by atoms with van der Waals surface area (Å²) in [6.07, 6.45) is 0. The van der Waals surface area contributed by atoms with Gasteiger partial charge in [0.2, 0.25) is 0 Å². The minimum Gasteiger partial charge on any atom is -0.310 e. The molecule has 0 unspecified atom stereocenters. The van der Waals surface area contributed by atoms with Gasteiger partial charge in [-0.05, 0) is 113 Å². The maximum atomic E-state index is 2.48. The molecule has 0 aromatic heterocycles. The summed E-state index contributed by atoms with van der Waals surface area (Å²) in [6, 6.07) is 56.8. The van der Waals surface area contributed by atoms with Gasteiger partial charge in [-0.2, -0.15) is 0 Å². The van der Waals surface area contributed by atoms with Crippen LogP contribution in [-0.2, 0) is 10.8 Å². The van der Waals surface area contributed by atoms with Crippen molar-refractivity contribution in [3.8, 4) is 22.3 Å². The van der Waals surface area contributed by atoms with E-state index < -0.39 is 0 Å². The van der Waals surface area contributed by atoms with Crippen LogP contribution in [0.2, 0.25) is 0 Å². The van der Waals surface area contributed by atoms with Gasteiger partial charge in [-0.1, -0.05) is 143 Å².